The van der Waals surface area contributed by atoms with Gasteiger partial charge in [0.1, 0.15) is 5.15 Å². The van der Waals surface area contributed by atoms with E-state index in [9.17, 15) is 9.59 Å². The molecule has 0 aliphatic carbocycles. The number of aromatic nitrogens is 1. The Morgan fingerprint density at radius 2 is 1.95 bits per heavy atom. The Morgan fingerprint density at radius 1 is 1.25 bits per heavy atom. The monoisotopic (exact) mass is 288 g/mol. The molecule has 0 spiro atoms. The fraction of sp³-hybridized carbons (Fsp3) is 0.200. The number of carbonyl (C=O) groups is 1. The van der Waals surface area contributed by atoms with Crippen LogP contribution in [0.5, 0.6) is 0 Å². The summed E-state index contributed by atoms with van der Waals surface area (Å²) in [6.45, 7) is 0.472. The van der Waals surface area contributed by atoms with E-state index in [2.05, 4.69) is 5.32 Å². The van der Waals surface area contributed by atoms with Crippen molar-refractivity contribution in [2.45, 2.75) is 5.92 Å². The van der Waals surface area contributed by atoms with Crippen LogP contribution in [0.3, 0.4) is 0 Å². The van der Waals surface area contributed by atoms with Gasteiger partial charge >= 0.3 is 0 Å². The maximum Gasteiger partial charge on any atom is 0.254 e. The minimum atomic E-state index is -0.229. The number of hydrogen-bond acceptors (Lipinski definition) is 2. The molecule has 0 bridgehead atoms. The second-order valence-corrected chi connectivity index (χ2v) is 5.19. The van der Waals surface area contributed by atoms with Gasteiger partial charge in [-0.2, -0.15) is 0 Å². The van der Waals surface area contributed by atoms with Crippen molar-refractivity contribution in [3.05, 3.63) is 68.6 Å². The van der Waals surface area contributed by atoms with E-state index in [-0.39, 0.29) is 22.5 Å². The Balaban J connectivity index is 2.25. The lowest BCUT2D eigenvalue weighted by molar-refractivity contribution is 0.0942. The highest BCUT2D eigenvalue weighted by molar-refractivity contribution is 6.33. The van der Waals surface area contributed by atoms with Crippen LogP contribution in [0.2, 0.25) is 5.15 Å². The number of nitrogens with one attached hydrogen (secondary N) is 1. The third-order valence-corrected chi connectivity index (χ3v) is 4.11. The summed E-state index contributed by atoms with van der Waals surface area (Å²) >= 11 is 6.17. The number of rotatable bonds is 1. The van der Waals surface area contributed by atoms with Gasteiger partial charge in [0.2, 0.25) is 0 Å². The smallest absolute Gasteiger partial charge is 0.254 e. The third kappa shape index (κ3) is 1.93. The van der Waals surface area contributed by atoms with E-state index >= 15 is 0 Å². The normalized spacial score (nSPS) is 17.5. The van der Waals surface area contributed by atoms with E-state index in [0.29, 0.717) is 17.7 Å². The molecule has 5 heteroatoms. The molecule has 102 valence electrons. The van der Waals surface area contributed by atoms with E-state index in [1.54, 1.807) is 7.05 Å². The zero-order valence-corrected chi connectivity index (χ0v) is 11.6. The van der Waals surface area contributed by atoms with Crippen LogP contribution >= 0.6 is 11.6 Å². The average Bonchev–Trinajstić information content (AvgIpc) is 2.46. The second-order valence-electron chi connectivity index (χ2n) is 4.84. The van der Waals surface area contributed by atoms with Crippen molar-refractivity contribution >= 4 is 17.5 Å². The summed E-state index contributed by atoms with van der Waals surface area (Å²) < 4.78 is 1.29. The third-order valence-electron chi connectivity index (χ3n) is 3.67. The predicted octanol–water partition coefficient (Wildman–Crippen LogP) is 1.91. The van der Waals surface area contributed by atoms with Gasteiger partial charge in [0.15, 0.2) is 0 Å². The molecule has 1 aromatic carbocycles. The molecule has 3 rings (SSSR count). The van der Waals surface area contributed by atoms with E-state index < -0.39 is 0 Å². The van der Waals surface area contributed by atoms with Gasteiger partial charge in [-0.15, -0.1) is 0 Å². The van der Waals surface area contributed by atoms with Crippen LogP contribution in [0, 0.1) is 0 Å². The van der Waals surface area contributed by atoms with Crippen molar-refractivity contribution < 1.29 is 4.79 Å². The first-order valence-corrected chi connectivity index (χ1v) is 6.70. The molecule has 0 saturated carbocycles. The van der Waals surface area contributed by atoms with Crippen LogP contribution in [-0.2, 0) is 7.05 Å². The molecule has 20 heavy (non-hydrogen) atoms. The summed E-state index contributed by atoms with van der Waals surface area (Å²) in [6, 6.07) is 11.3. The highest BCUT2D eigenvalue weighted by atomic mass is 35.5. The fourth-order valence-corrected chi connectivity index (χ4v) is 2.84. The van der Waals surface area contributed by atoms with Crippen molar-refractivity contribution in [3.8, 4) is 0 Å². The Morgan fingerprint density at radius 3 is 2.65 bits per heavy atom. The molecule has 1 unspecified atom stereocenters. The zero-order valence-electron chi connectivity index (χ0n) is 10.9. The van der Waals surface area contributed by atoms with Crippen LogP contribution in [0.15, 0.2) is 41.2 Å². The minimum absolute atomic E-state index is 0.0460. The van der Waals surface area contributed by atoms with Gasteiger partial charge in [0, 0.05) is 25.6 Å². The topological polar surface area (TPSA) is 51.1 Å². The Hall–Kier alpha value is -2.07. The molecule has 1 aliphatic heterocycles. The van der Waals surface area contributed by atoms with Gasteiger partial charge in [-0.25, -0.2) is 0 Å². The lowest BCUT2D eigenvalue weighted by atomic mass is 9.86. The van der Waals surface area contributed by atoms with Gasteiger partial charge < -0.3 is 9.88 Å². The largest absolute Gasteiger partial charge is 0.351 e. The van der Waals surface area contributed by atoms with Crippen molar-refractivity contribution in [1.82, 2.24) is 9.88 Å². The number of benzene rings is 1. The SMILES string of the molecule is Cn1c(Cl)c2c(cc1=O)C(c1ccccc1)CNC2=O. The summed E-state index contributed by atoms with van der Waals surface area (Å²) in [4.78, 5) is 24.0. The molecule has 1 aromatic heterocycles. The summed E-state index contributed by atoms with van der Waals surface area (Å²) in [5.41, 5.74) is 1.95. The molecule has 4 nitrogen and oxygen atoms in total. The van der Waals surface area contributed by atoms with E-state index in [1.165, 1.54) is 10.6 Å². The maximum absolute atomic E-state index is 12.0. The Labute approximate surface area is 121 Å². The lowest BCUT2D eigenvalue weighted by Gasteiger charge is -2.27. The predicted molar refractivity (Wildman–Crippen MR) is 77.3 cm³/mol. The van der Waals surface area contributed by atoms with E-state index in [4.69, 9.17) is 11.6 Å². The summed E-state index contributed by atoms with van der Waals surface area (Å²) in [5.74, 6) is -0.275. The minimum Gasteiger partial charge on any atom is -0.351 e. The van der Waals surface area contributed by atoms with Gasteiger partial charge in [-0.1, -0.05) is 41.9 Å². The highest BCUT2D eigenvalue weighted by Gasteiger charge is 2.30. The Kier molecular flexibility index (Phi) is 3.10. The first-order chi connectivity index (χ1) is 9.59. The number of amides is 1. The number of pyridine rings is 1. The van der Waals surface area contributed by atoms with E-state index in [0.717, 1.165) is 5.56 Å². The fourth-order valence-electron chi connectivity index (χ4n) is 2.56. The summed E-state index contributed by atoms with van der Waals surface area (Å²) in [5, 5.41) is 3.02. The quantitative estimate of drug-likeness (QED) is 0.815. The molecular weight excluding hydrogens is 276 g/mol. The van der Waals surface area contributed by atoms with Gasteiger partial charge in [-0.05, 0) is 11.1 Å². The first kappa shape index (κ1) is 12.9. The number of nitrogens with zero attached hydrogens (tertiary/aromatic N) is 1. The highest BCUT2D eigenvalue weighted by Crippen LogP contribution is 2.32. The second kappa shape index (κ2) is 4.80. The number of hydrogen-bond donors (Lipinski definition) is 1. The molecule has 0 radical (unpaired) electrons. The number of carbonyl (C=O) groups excluding carboxylic acids is 1. The zero-order chi connectivity index (χ0) is 14.3. The van der Waals surface area contributed by atoms with Crippen LogP contribution in [0.1, 0.15) is 27.4 Å². The maximum atomic E-state index is 12.0. The molecule has 1 amide bonds. The molecule has 0 saturated heterocycles. The Bertz CT molecular complexity index is 738. The van der Waals surface area contributed by atoms with Crippen LogP contribution < -0.4 is 10.9 Å². The van der Waals surface area contributed by atoms with Crippen LogP contribution in [0.25, 0.3) is 0 Å². The van der Waals surface area contributed by atoms with Crippen LogP contribution in [-0.4, -0.2) is 17.0 Å². The molecule has 2 aromatic rings. The lowest BCUT2D eigenvalue weighted by Crippen LogP contribution is -2.38. The molecule has 1 atom stereocenters. The standard InChI is InChI=1S/C15H13ClN2O2/c1-18-12(19)7-10-11(9-5-3-2-4-6-9)8-17-15(20)13(10)14(18)16/h2-7,11H,8H2,1H3,(H,17,20). The summed E-state index contributed by atoms with van der Waals surface area (Å²) in [6.07, 6.45) is 0. The molecule has 0 fully saturated rings. The van der Waals surface area contributed by atoms with E-state index in [1.807, 2.05) is 30.3 Å². The van der Waals surface area contributed by atoms with Crippen molar-refractivity contribution in [2.24, 2.45) is 7.05 Å². The van der Waals surface area contributed by atoms with Gasteiger partial charge in [-0.3, -0.25) is 9.59 Å². The van der Waals surface area contributed by atoms with Crippen molar-refractivity contribution in [3.63, 3.8) is 0 Å². The van der Waals surface area contributed by atoms with Crippen LogP contribution in [0.4, 0.5) is 0 Å². The molecular formula is C15H13ClN2O2. The first-order valence-electron chi connectivity index (χ1n) is 6.32. The molecule has 2 heterocycles. The van der Waals surface area contributed by atoms with Gasteiger partial charge in [0.05, 0.1) is 5.56 Å². The number of fused-ring (bicyclic) bond motifs is 1. The summed E-state index contributed by atoms with van der Waals surface area (Å²) in [7, 11) is 1.56. The van der Waals surface area contributed by atoms with Crippen molar-refractivity contribution in [1.29, 1.82) is 0 Å². The number of halogens is 1. The molecule has 1 aliphatic rings. The van der Waals surface area contributed by atoms with Gasteiger partial charge in [0.25, 0.3) is 11.5 Å². The van der Waals surface area contributed by atoms with Crippen molar-refractivity contribution in [2.75, 3.05) is 6.54 Å². The molecule has 1 N–H and O–H groups in total. The average molecular weight is 289 g/mol.